The third kappa shape index (κ3) is 2.25. The van der Waals surface area contributed by atoms with E-state index in [2.05, 4.69) is 12.1 Å². The summed E-state index contributed by atoms with van der Waals surface area (Å²) in [7, 11) is 0. The van der Waals surface area contributed by atoms with Crippen LogP contribution in [-0.2, 0) is 11.2 Å². The number of likely N-dealkylation sites (tertiary alicyclic amines) is 1. The van der Waals surface area contributed by atoms with Crippen LogP contribution in [0.4, 0.5) is 0 Å². The van der Waals surface area contributed by atoms with Gasteiger partial charge in [0.15, 0.2) is 0 Å². The molecule has 1 aromatic carbocycles. The van der Waals surface area contributed by atoms with Crippen LogP contribution in [0.1, 0.15) is 16.7 Å². The molecule has 1 N–H and O–H groups in total. The van der Waals surface area contributed by atoms with E-state index in [0.29, 0.717) is 19.5 Å². The summed E-state index contributed by atoms with van der Waals surface area (Å²) in [6.45, 7) is 5.03. The minimum atomic E-state index is -0.317. The van der Waals surface area contributed by atoms with E-state index in [1.54, 1.807) is 4.90 Å². The quantitative estimate of drug-likeness (QED) is 0.807. The van der Waals surface area contributed by atoms with Crippen LogP contribution >= 0.6 is 0 Å². The lowest BCUT2D eigenvalue weighted by molar-refractivity contribution is -0.140. The van der Waals surface area contributed by atoms with Gasteiger partial charge in [0.25, 0.3) is 0 Å². The summed E-state index contributed by atoms with van der Waals surface area (Å²) in [6, 6.07) is 6.16. The van der Waals surface area contributed by atoms with Crippen molar-refractivity contribution in [2.75, 3.05) is 13.1 Å². The fraction of sp³-hybridized carbons (Fsp3) is 0.462. The molecule has 16 heavy (non-hydrogen) atoms. The number of aliphatic hydroxyl groups is 1. The molecular formula is C13H17NO2. The first-order valence-corrected chi connectivity index (χ1v) is 5.58. The minimum Gasteiger partial charge on any atom is -0.389 e. The van der Waals surface area contributed by atoms with Crippen LogP contribution in [-0.4, -0.2) is 35.1 Å². The fourth-order valence-electron chi connectivity index (χ4n) is 1.92. The van der Waals surface area contributed by atoms with Gasteiger partial charge in [-0.1, -0.05) is 23.8 Å². The lowest BCUT2D eigenvalue weighted by Gasteiger charge is -2.36. The van der Waals surface area contributed by atoms with Crippen molar-refractivity contribution >= 4 is 5.91 Å². The second kappa shape index (κ2) is 4.26. The molecule has 0 bridgehead atoms. The summed E-state index contributed by atoms with van der Waals surface area (Å²) in [5.41, 5.74) is 3.42. The molecule has 1 heterocycles. The maximum atomic E-state index is 11.8. The number of rotatable bonds is 2. The van der Waals surface area contributed by atoms with E-state index in [-0.39, 0.29) is 12.0 Å². The van der Waals surface area contributed by atoms with Crippen LogP contribution in [0.5, 0.6) is 0 Å². The van der Waals surface area contributed by atoms with Gasteiger partial charge in [0.2, 0.25) is 5.91 Å². The molecule has 1 aromatic rings. The van der Waals surface area contributed by atoms with Gasteiger partial charge in [0, 0.05) is 13.1 Å². The van der Waals surface area contributed by atoms with Crippen molar-refractivity contribution in [3.05, 3.63) is 34.9 Å². The zero-order chi connectivity index (χ0) is 11.7. The van der Waals surface area contributed by atoms with Crippen molar-refractivity contribution in [2.24, 2.45) is 0 Å². The lowest BCUT2D eigenvalue weighted by atomic mass is 10.0. The summed E-state index contributed by atoms with van der Waals surface area (Å²) in [5.74, 6) is 0.110. The van der Waals surface area contributed by atoms with E-state index in [1.807, 2.05) is 19.9 Å². The third-order valence-corrected chi connectivity index (χ3v) is 3.06. The summed E-state index contributed by atoms with van der Waals surface area (Å²) < 4.78 is 0. The summed E-state index contributed by atoms with van der Waals surface area (Å²) in [5, 5.41) is 9.14. The molecule has 2 rings (SSSR count). The first kappa shape index (κ1) is 11.1. The number of benzene rings is 1. The Balaban J connectivity index is 2.03. The maximum Gasteiger partial charge on any atom is 0.227 e. The average Bonchev–Trinajstić information content (AvgIpc) is 2.19. The highest BCUT2D eigenvalue weighted by molar-refractivity contribution is 5.80. The SMILES string of the molecule is Cc1ccc(C)c(CC(=O)N2CC(O)C2)c1. The molecule has 86 valence electrons. The molecule has 0 spiro atoms. The fourth-order valence-corrected chi connectivity index (χ4v) is 1.92. The van der Waals surface area contributed by atoms with Crippen LogP contribution in [0, 0.1) is 13.8 Å². The van der Waals surface area contributed by atoms with E-state index in [4.69, 9.17) is 5.11 Å². The third-order valence-electron chi connectivity index (χ3n) is 3.06. The molecule has 0 aromatic heterocycles. The number of carbonyl (C=O) groups is 1. The summed E-state index contributed by atoms with van der Waals surface area (Å²) in [6.07, 6.45) is 0.128. The standard InChI is InChI=1S/C13H17NO2/c1-9-3-4-10(2)11(5-9)6-13(16)14-7-12(15)8-14/h3-5,12,15H,6-8H2,1-2H3. The molecule has 3 heteroatoms. The van der Waals surface area contributed by atoms with Gasteiger partial charge in [-0.05, 0) is 25.0 Å². The van der Waals surface area contributed by atoms with Crippen LogP contribution < -0.4 is 0 Å². The zero-order valence-electron chi connectivity index (χ0n) is 9.73. The van der Waals surface area contributed by atoms with Crippen LogP contribution in [0.15, 0.2) is 18.2 Å². The smallest absolute Gasteiger partial charge is 0.227 e. The molecule has 0 unspecified atom stereocenters. The van der Waals surface area contributed by atoms with E-state index in [9.17, 15) is 4.79 Å². The van der Waals surface area contributed by atoms with Crippen molar-refractivity contribution in [3.8, 4) is 0 Å². The number of β-amino-alcohol motifs (C(OH)–C–C–N with tert-alkyl or cyclic N) is 1. The predicted molar refractivity (Wildman–Crippen MR) is 62.2 cm³/mol. The highest BCUT2D eigenvalue weighted by Gasteiger charge is 2.28. The Hall–Kier alpha value is -1.35. The van der Waals surface area contributed by atoms with Gasteiger partial charge in [-0.2, -0.15) is 0 Å². The first-order chi connectivity index (χ1) is 7.56. The van der Waals surface area contributed by atoms with Crippen LogP contribution in [0.25, 0.3) is 0 Å². The molecule has 1 fully saturated rings. The molecule has 1 amide bonds. The first-order valence-electron chi connectivity index (χ1n) is 5.58. The van der Waals surface area contributed by atoms with Crippen molar-refractivity contribution < 1.29 is 9.90 Å². The molecule has 1 aliphatic heterocycles. The Kier molecular flexibility index (Phi) is 2.97. The van der Waals surface area contributed by atoms with Gasteiger partial charge in [-0.25, -0.2) is 0 Å². The van der Waals surface area contributed by atoms with Gasteiger partial charge < -0.3 is 10.0 Å². The van der Waals surface area contributed by atoms with Gasteiger partial charge in [-0.15, -0.1) is 0 Å². The number of amides is 1. The second-order valence-corrected chi connectivity index (χ2v) is 4.56. The largest absolute Gasteiger partial charge is 0.389 e. The molecule has 0 aliphatic carbocycles. The predicted octanol–water partition coefficient (Wildman–Crippen LogP) is 1.05. The Labute approximate surface area is 95.7 Å². The molecular weight excluding hydrogens is 202 g/mol. The van der Waals surface area contributed by atoms with Gasteiger partial charge in [0.1, 0.15) is 0 Å². The topological polar surface area (TPSA) is 40.5 Å². The summed E-state index contributed by atoms with van der Waals surface area (Å²) >= 11 is 0. The van der Waals surface area contributed by atoms with E-state index in [1.165, 1.54) is 5.56 Å². The Morgan fingerprint density at radius 2 is 2.12 bits per heavy atom. The monoisotopic (exact) mass is 219 g/mol. The maximum absolute atomic E-state index is 11.8. The second-order valence-electron chi connectivity index (χ2n) is 4.56. The molecule has 1 saturated heterocycles. The highest BCUT2D eigenvalue weighted by Crippen LogP contribution is 2.15. The van der Waals surface area contributed by atoms with Crippen molar-refractivity contribution in [2.45, 2.75) is 26.4 Å². The van der Waals surface area contributed by atoms with Crippen LogP contribution in [0.2, 0.25) is 0 Å². The lowest BCUT2D eigenvalue weighted by Crippen LogP contribution is -2.54. The number of aliphatic hydroxyl groups excluding tert-OH is 1. The van der Waals surface area contributed by atoms with Crippen molar-refractivity contribution in [3.63, 3.8) is 0 Å². The van der Waals surface area contributed by atoms with Gasteiger partial charge in [0.05, 0.1) is 12.5 Å². The van der Waals surface area contributed by atoms with Gasteiger partial charge in [-0.3, -0.25) is 4.79 Å². The Morgan fingerprint density at radius 3 is 2.75 bits per heavy atom. The average molecular weight is 219 g/mol. The molecule has 0 radical (unpaired) electrons. The van der Waals surface area contributed by atoms with E-state index >= 15 is 0 Å². The zero-order valence-corrected chi connectivity index (χ0v) is 9.73. The molecule has 0 atom stereocenters. The van der Waals surface area contributed by atoms with E-state index in [0.717, 1.165) is 11.1 Å². The Morgan fingerprint density at radius 1 is 1.44 bits per heavy atom. The van der Waals surface area contributed by atoms with Crippen molar-refractivity contribution in [1.29, 1.82) is 0 Å². The highest BCUT2D eigenvalue weighted by atomic mass is 16.3. The summed E-state index contributed by atoms with van der Waals surface area (Å²) in [4.78, 5) is 13.5. The number of carbonyl (C=O) groups excluding carboxylic acids is 1. The van der Waals surface area contributed by atoms with Crippen molar-refractivity contribution in [1.82, 2.24) is 4.90 Å². The van der Waals surface area contributed by atoms with E-state index < -0.39 is 0 Å². The van der Waals surface area contributed by atoms with Crippen LogP contribution in [0.3, 0.4) is 0 Å². The molecule has 1 aliphatic rings. The molecule has 3 nitrogen and oxygen atoms in total. The molecule has 0 saturated carbocycles. The van der Waals surface area contributed by atoms with Gasteiger partial charge >= 0.3 is 0 Å². The Bertz CT molecular complexity index is 408. The number of hydrogen-bond acceptors (Lipinski definition) is 2. The number of hydrogen-bond donors (Lipinski definition) is 1. The minimum absolute atomic E-state index is 0.110. The number of nitrogens with zero attached hydrogens (tertiary/aromatic N) is 1. The normalized spacial score (nSPS) is 16.1. The number of aryl methyl sites for hydroxylation is 2.